The Kier molecular flexibility index (Phi) is 4.02. The Hall–Kier alpha value is -1.71. The topological polar surface area (TPSA) is 117 Å². The van der Waals surface area contributed by atoms with Crippen molar-refractivity contribution in [2.75, 3.05) is 24.5 Å². The van der Waals surface area contributed by atoms with Crippen LogP contribution in [-0.2, 0) is 10.2 Å². The largest absolute Gasteiger partial charge is 0.356 e. The van der Waals surface area contributed by atoms with Crippen LogP contribution in [0.5, 0.6) is 0 Å². The summed E-state index contributed by atoms with van der Waals surface area (Å²) < 4.78 is 24.3. The third kappa shape index (κ3) is 3.21. The van der Waals surface area contributed by atoms with Crippen LogP contribution in [0, 0.1) is 12.8 Å². The molecule has 1 fully saturated rings. The zero-order valence-corrected chi connectivity index (χ0v) is 13.2. The average molecular weight is 324 g/mol. The maximum absolute atomic E-state index is 10.9. The summed E-state index contributed by atoms with van der Waals surface area (Å²) in [5.74, 6) is 1.25. The molecule has 4 N–H and O–H groups in total. The summed E-state index contributed by atoms with van der Waals surface area (Å²) in [6.45, 7) is 4.12. The lowest BCUT2D eigenvalue weighted by Gasteiger charge is -2.33. The molecule has 0 aliphatic carbocycles. The molecule has 8 nitrogen and oxygen atoms in total. The summed E-state index contributed by atoms with van der Waals surface area (Å²) in [7, 11) is -3.60. The molecule has 2 aromatic heterocycles. The molecule has 1 aliphatic rings. The van der Waals surface area contributed by atoms with Gasteiger partial charge in [0.05, 0.1) is 5.39 Å². The molecule has 9 heteroatoms. The van der Waals surface area contributed by atoms with E-state index in [4.69, 9.17) is 5.14 Å². The highest BCUT2D eigenvalue weighted by atomic mass is 32.2. The summed E-state index contributed by atoms with van der Waals surface area (Å²) in [6, 6.07) is 0. The van der Waals surface area contributed by atoms with Crippen LogP contribution in [0.25, 0.3) is 11.0 Å². The lowest BCUT2D eigenvalue weighted by molar-refractivity contribution is 0.401. The fourth-order valence-electron chi connectivity index (χ4n) is 2.92. The van der Waals surface area contributed by atoms with Crippen molar-refractivity contribution in [1.29, 1.82) is 0 Å². The monoisotopic (exact) mass is 324 g/mol. The van der Waals surface area contributed by atoms with E-state index in [1.165, 1.54) is 0 Å². The van der Waals surface area contributed by atoms with E-state index in [-0.39, 0.29) is 0 Å². The first kappa shape index (κ1) is 15.2. The molecule has 1 aliphatic heterocycles. The average Bonchev–Trinajstić information content (AvgIpc) is 2.87. The van der Waals surface area contributed by atoms with Gasteiger partial charge in [-0.05, 0) is 31.2 Å². The number of aromatic nitrogens is 3. The van der Waals surface area contributed by atoms with E-state index in [9.17, 15) is 8.42 Å². The Bertz CT molecular complexity index is 764. The number of hydrogen-bond acceptors (Lipinski definition) is 5. The normalized spacial score (nSPS) is 17.3. The Morgan fingerprint density at radius 3 is 2.82 bits per heavy atom. The van der Waals surface area contributed by atoms with Crippen molar-refractivity contribution in [3.05, 3.63) is 18.1 Å². The van der Waals surface area contributed by atoms with Gasteiger partial charge in [0.25, 0.3) is 10.2 Å². The van der Waals surface area contributed by atoms with Crippen molar-refractivity contribution in [3.63, 3.8) is 0 Å². The number of nitrogens with zero attached hydrogens (tertiary/aromatic N) is 3. The van der Waals surface area contributed by atoms with E-state index in [2.05, 4.69) is 24.6 Å². The molecule has 3 rings (SSSR count). The van der Waals surface area contributed by atoms with Crippen LogP contribution in [0.3, 0.4) is 0 Å². The molecule has 0 radical (unpaired) electrons. The molecule has 0 amide bonds. The molecular formula is C13H20N6O2S. The zero-order valence-electron chi connectivity index (χ0n) is 12.4. The van der Waals surface area contributed by atoms with Gasteiger partial charge in [-0.1, -0.05) is 0 Å². The first-order valence-electron chi connectivity index (χ1n) is 7.25. The van der Waals surface area contributed by atoms with Crippen molar-refractivity contribution in [2.24, 2.45) is 11.1 Å². The van der Waals surface area contributed by atoms with Crippen molar-refractivity contribution < 1.29 is 8.42 Å². The van der Waals surface area contributed by atoms with Crippen LogP contribution in [0.4, 0.5) is 5.82 Å². The van der Waals surface area contributed by atoms with Gasteiger partial charge in [0.15, 0.2) is 0 Å². The second-order valence-electron chi connectivity index (χ2n) is 5.72. The quantitative estimate of drug-likeness (QED) is 0.746. The lowest BCUT2D eigenvalue weighted by Crippen LogP contribution is -2.40. The van der Waals surface area contributed by atoms with Crippen LogP contribution in [0.15, 0.2) is 12.5 Å². The van der Waals surface area contributed by atoms with Crippen molar-refractivity contribution in [2.45, 2.75) is 19.8 Å². The number of aromatic amines is 1. The molecule has 22 heavy (non-hydrogen) atoms. The number of hydrogen-bond donors (Lipinski definition) is 3. The van der Waals surface area contributed by atoms with Gasteiger partial charge in [-0.3, -0.25) is 0 Å². The summed E-state index contributed by atoms with van der Waals surface area (Å²) in [5, 5.41) is 6.03. The van der Waals surface area contributed by atoms with Crippen LogP contribution >= 0.6 is 0 Å². The number of piperidine rings is 1. The predicted molar refractivity (Wildman–Crippen MR) is 84.7 cm³/mol. The maximum Gasteiger partial charge on any atom is 0.274 e. The number of nitrogens with one attached hydrogen (secondary N) is 2. The van der Waals surface area contributed by atoms with Crippen molar-refractivity contribution >= 4 is 27.1 Å². The lowest BCUT2D eigenvalue weighted by atomic mass is 9.97. The van der Waals surface area contributed by atoms with Crippen LogP contribution in [0.1, 0.15) is 18.4 Å². The van der Waals surface area contributed by atoms with E-state index >= 15 is 0 Å². The van der Waals surface area contributed by atoms with Crippen LogP contribution < -0.4 is 14.8 Å². The number of H-pyrrole nitrogens is 1. The first-order chi connectivity index (χ1) is 10.4. The number of nitrogens with two attached hydrogens (primary N) is 1. The molecule has 0 saturated carbocycles. The first-order valence-corrected chi connectivity index (χ1v) is 8.79. The molecule has 0 atom stereocenters. The Balaban J connectivity index is 1.69. The number of rotatable bonds is 4. The number of aryl methyl sites for hydroxylation is 1. The Morgan fingerprint density at radius 2 is 2.14 bits per heavy atom. The second-order valence-corrected chi connectivity index (χ2v) is 7.10. The van der Waals surface area contributed by atoms with Crippen molar-refractivity contribution in [1.82, 2.24) is 19.7 Å². The van der Waals surface area contributed by atoms with E-state index in [0.717, 1.165) is 48.3 Å². The molecule has 0 aromatic carbocycles. The standard InChI is InChI=1S/C13H20N6O2S/c1-9-6-15-12-11(9)13(17-8-16-12)19-4-2-10(3-5-19)7-18-22(14,20)21/h6,8,10,18H,2-5,7H2,1H3,(H2,14,20,21)(H,15,16,17). The summed E-state index contributed by atoms with van der Waals surface area (Å²) in [5.41, 5.74) is 1.98. The molecule has 120 valence electrons. The van der Waals surface area contributed by atoms with E-state index in [1.54, 1.807) is 6.33 Å². The molecule has 2 aromatic rings. The fourth-order valence-corrected chi connectivity index (χ4v) is 3.39. The minimum Gasteiger partial charge on any atom is -0.356 e. The molecule has 0 bridgehead atoms. The zero-order chi connectivity index (χ0) is 15.7. The van der Waals surface area contributed by atoms with Gasteiger partial charge in [-0.2, -0.15) is 8.42 Å². The highest BCUT2D eigenvalue weighted by molar-refractivity contribution is 7.87. The van der Waals surface area contributed by atoms with Crippen LogP contribution in [0.2, 0.25) is 0 Å². The van der Waals surface area contributed by atoms with E-state index in [0.29, 0.717) is 12.5 Å². The van der Waals surface area contributed by atoms with Gasteiger partial charge in [0.2, 0.25) is 0 Å². The molecular weight excluding hydrogens is 304 g/mol. The van der Waals surface area contributed by atoms with Gasteiger partial charge in [-0.25, -0.2) is 19.8 Å². The van der Waals surface area contributed by atoms with Gasteiger partial charge in [0.1, 0.15) is 17.8 Å². The van der Waals surface area contributed by atoms with Crippen molar-refractivity contribution in [3.8, 4) is 0 Å². The predicted octanol–water partition coefficient (Wildman–Crippen LogP) is 0.276. The molecule has 0 unspecified atom stereocenters. The molecule has 1 saturated heterocycles. The van der Waals surface area contributed by atoms with Gasteiger partial charge in [0, 0.05) is 25.8 Å². The summed E-state index contributed by atoms with van der Waals surface area (Å²) in [6.07, 6.45) is 5.31. The molecule has 0 spiro atoms. The van der Waals surface area contributed by atoms with Gasteiger partial charge >= 0.3 is 0 Å². The third-order valence-electron chi connectivity index (χ3n) is 4.13. The summed E-state index contributed by atoms with van der Waals surface area (Å²) in [4.78, 5) is 14.1. The third-order valence-corrected chi connectivity index (χ3v) is 4.70. The smallest absolute Gasteiger partial charge is 0.274 e. The van der Waals surface area contributed by atoms with E-state index in [1.807, 2.05) is 13.1 Å². The Labute approximate surface area is 129 Å². The van der Waals surface area contributed by atoms with Crippen LogP contribution in [-0.4, -0.2) is 43.0 Å². The summed E-state index contributed by atoms with van der Waals surface area (Å²) >= 11 is 0. The van der Waals surface area contributed by atoms with Gasteiger partial charge in [-0.15, -0.1) is 0 Å². The second kappa shape index (κ2) is 5.82. The highest BCUT2D eigenvalue weighted by Crippen LogP contribution is 2.29. The number of fused-ring (bicyclic) bond motifs is 1. The fraction of sp³-hybridized carbons (Fsp3) is 0.538. The maximum atomic E-state index is 10.9. The minimum atomic E-state index is -3.60. The Morgan fingerprint density at radius 1 is 1.41 bits per heavy atom. The SMILES string of the molecule is Cc1c[nH]c2ncnc(N3CCC(CNS(N)(=O)=O)CC3)c12. The minimum absolute atomic E-state index is 0.305. The highest BCUT2D eigenvalue weighted by Gasteiger charge is 2.23. The molecule has 3 heterocycles. The van der Waals surface area contributed by atoms with Gasteiger partial charge < -0.3 is 9.88 Å². The number of anilines is 1. The van der Waals surface area contributed by atoms with E-state index < -0.39 is 10.2 Å².